The Labute approximate surface area is 129 Å². The first-order valence-corrected chi connectivity index (χ1v) is 8.26. The predicted molar refractivity (Wildman–Crippen MR) is 90.4 cm³/mol. The minimum absolute atomic E-state index is 0.261. The van der Waals surface area contributed by atoms with Crippen molar-refractivity contribution in [2.75, 3.05) is 5.32 Å². The lowest BCUT2D eigenvalue weighted by atomic mass is 10.0. The number of rotatable bonds is 11. The van der Waals surface area contributed by atoms with Gasteiger partial charge in [0, 0.05) is 5.69 Å². The number of benzene rings is 1. The lowest BCUT2D eigenvalue weighted by Crippen LogP contribution is -2.35. The van der Waals surface area contributed by atoms with Crippen molar-refractivity contribution in [3.63, 3.8) is 0 Å². The number of aryl methyl sites for hydroxylation is 1. The summed E-state index contributed by atoms with van der Waals surface area (Å²) in [4.78, 5) is 11.5. The lowest BCUT2D eigenvalue weighted by molar-refractivity contribution is -0.118. The van der Waals surface area contributed by atoms with Gasteiger partial charge in [-0.3, -0.25) is 4.79 Å². The van der Waals surface area contributed by atoms with E-state index in [0.717, 1.165) is 18.5 Å². The summed E-state index contributed by atoms with van der Waals surface area (Å²) in [6.07, 6.45) is 9.57. The molecule has 1 unspecified atom stereocenters. The highest BCUT2D eigenvalue weighted by Crippen LogP contribution is 2.14. The van der Waals surface area contributed by atoms with Gasteiger partial charge in [0.05, 0.1) is 0 Å². The van der Waals surface area contributed by atoms with Crippen LogP contribution < -0.4 is 11.1 Å². The number of unbranched alkanes of at least 4 members (excludes halogenated alkanes) is 6. The van der Waals surface area contributed by atoms with Gasteiger partial charge in [-0.05, 0) is 25.5 Å². The van der Waals surface area contributed by atoms with Gasteiger partial charge in [0.15, 0.2) is 0 Å². The van der Waals surface area contributed by atoms with Gasteiger partial charge in [0.2, 0.25) is 5.91 Å². The molecule has 0 aliphatic rings. The highest BCUT2D eigenvalue weighted by atomic mass is 16.1. The Morgan fingerprint density at radius 3 is 2.19 bits per heavy atom. The molecular weight excluding hydrogens is 260 g/mol. The Kier molecular flexibility index (Phi) is 8.56. The van der Waals surface area contributed by atoms with E-state index in [0.29, 0.717) is 0 Å². The van der Waals surface area contributed by atoms with Gasteiger partial charge >= 0.3 is 0 Å². The number of carbonyl (C=O) groups is 1. The molecule has 1 amide bonds. The number of carbonyl (C=O) groups excluding carboxylic acids is 1. The third-order valence-corrected chi connectivity index (χ3v) is 3.83. The molecule has 0 saturated carbocycles. The first kappa shape index (κ1) is 17.5. The van der Waals surface area contributed by atoms with E-state index in [9.17, 15) is 4.79 Å². The Hall–Kier alpha value is -1.51. The Bertz CT molecular complexity index is 400. The van der Waals surface area contributed by atoms with Gasteiger partial charge in [-0.25, -0.2) is 0 Å². The summed E-state index contributed by atoms with van der Waals surface area (Å²) >= 11 is 0. The number of anilines is 1. The van der Waals surface area contributed by atoms with Crippen LogP contribution in [0, 0.1) is 6.92 Å². The van der Waals surface area contributed by atoms with Crippen LogP contribution in [0.4, 0.5) is 5.69 Å². The molecule has 1 atom stereocenters. The molecule has 0 aliphatic carbocycles. The standard InChI is InChI=1S/C18H30N2O/c1-3-4-5-6-7-8-9-10-17(18(19)21)20-16-13-11-15(2)12-14-16/h11-14,17,20H,3-10H2,1-2H3,(H2,19,21). The molecule has 21 heavy (non-hydrogen) atoms. The maximum Gasteiger partial charge on any atom is 0.239 e. The number of nitrogens with one attached hydrogen (secondary N) is 1. The molecule has 0 saturated heterocycles. The van der Waals surface area contributed by atoms with Crippen LogP contribution in [0.5, 0.6) is 0 Å². The minimum atomic E-state index is -0.262. The van der Waals surface area contributed by atoms with Crippen LogP contribution in [0.15, 0.2) is 24.3 Å². The molecule has 0 aliphatic heterocycles. The van der Waals surface area contributed by atoms with E-state index in [1.165, 1.54) is 44.1 Å². The largest absolute Gasteiger partial charge is 0.374 e. The van der Waals surface area contributed by atoms with Crippen molar-refractivity contribution in [1.29, 1.82) is 0 Å². The van der Waals surface area contributed by atoms with Crippen LogP contribution in [0.25, 0.3) is 0 Å². The molecule has 0 fully saturated rings. The summed E-state index contributed by atoms with van der Waals surface area (Å²) in [5.74, 6) is -0.262. The zero-order valence-corrected chi connectivity index (χ0v) is 13.5. The average Bonchev–Trinajstić information content (AvgIpc) is 2.47. The van der Waals surface area contributed by atoms with Crippen molar-refractivity contribution in [2.45, 2.75) is 71.3 Å². The van der Waals surface area contributed by atoms with Gasteiger partial charge < -0.3 is 11.1 Å². The molecule has 3 nitrogen and oxygen atoms in total. The molecule has 3 N–H and O–H groups in total. The fraction of sp³-hybridized carbons (Fsp3) is 0.611. The van der Waals surface area contributed by atoms with E-state index in [2.05, 4.69) is 12.2 Å². The first-order chi connectivity index (χ1) is 10.1. The minimum Gasteiger partial charge on any atom is -0.374 e. The monoisotopic (exact) mass is 290 g/mol. The lowest BCUT2D eigenvalue weighted by Gasteiger charge is -2.16. The summed E-state index contributed by atoms with van der Waals surface area (Å²) in [7, 11) is 0. The van der Waals surface area contributed by atoms with Crippen LogP contribution in [0.1, 0.15) is 63.9 Å². The molecule has 0 bridgehead atoms. The fourth-order valence-corrected chi connectivity index (χ4v) is 2.44. The summed E-state index contributed by atoms with van der Waals surface area (Å²) in [5.41, 5.74) is 7.67. The van der Waals surface area contributed by atoms with Crippen molar-refractivity contribution in [3.05, 3.63) is 29.8 Å². The second kappa shape index (κ2) is 10.3. The maximum atomic E-state index is 11.5. The van der Waals surface area contributed by atoms with Gasteiger partial charge in [-0.1, -0.05) is 69.6 Å². The molecule has 0 heterocycles. The molecular formula is C18H30N2O. The van der Waals surface area contributed by atoms with E-state index >= 15 is 0 Å². The molecule has 1 aromatic rings. The van der Waals surface area contributed by atoms with Gasteiger partial charge in [-0.2, -0.15) is 0 Å². The topological polar surface area (TPSA) is 55.1 Å². The van der Waals surface area contributed by atoms with E-state index in [1.807, 2.05) is 31.2 Å². The summed E-state index contributed by atoms with van der Waals surface area (Å²) in [5, 5.41) is 3.24. The van der Waals surface area contributed by atoms with Crippen molar-refractivity contribution in [1.82, 2.24) is 0 Å². The van der Waals surface area contributed by atoms with Crippen LogP contribution in [-0.4, -0.2) is 11.9 Å². The van der Waals surface area contributed by atoms with Crippen molar-refractivity contribution in [2.24, 2.45) is 5.73 Å². The van der Waals surface area contributed by atoms with Crippen LogP contribution in [-0.2, 0) is 4.79 Å². The first-order valence-electron chi connectivity index (χ1n) is 8.26. The molecule has 1 aromatic carbocycles. The molecule has 0 radical (unpaired) electrons. The van der Waals surface area contributed by atoms with Crippen molar-refractivity contribution in [3.8, 4) is 0 Å². The van der Waals surface area contributed by atoms with Crippen LogP contribution >= 0.6 is 0 Å². The van der Waals surface area contributed by atoms with E-state index in [-0.39, 0.29) is 11.9 Å². The summed E-state index contributed by atoms with van der Waals surface area (Å²) in [6, 6.07) is 7.80. The zero-order chi connectivity index (χ0) is 15.5. The fourth-order valence-electron chi connectivity index (χ4n) is 2.44. The summed E-state index contributed by atoms with van der Waals surface area (Å²) in [6.45, 7) is 4.28. The SMILES string of the molecule is CCCCCCCCCC(Nc1ccc(C)cc1)C(N)=O. The van der Waals surface area contributed by atoms with Gasteiger partial charge in [0.25, 0.3) is 0 Å². The van der Waals surface area contributed by atoms with E-state index in [4.69, 9.17) is 5.73 Å². The number of nitrogens with two attached hydrogens (primary N) is 1. The van der Waals surface area contributed by atoms with Crippen LogP contribution in [0.2, 0.25) is 0 Å². The normalized spacial score (nSPS) is 12.1. The molecule has 0 spiro atoms. The maximum absolute atomic E-state index is 11.5. The van der Waals surface area contributed by atoms with Gasteiger partial charge in [0.1, 0.15) is 6.04 Å². The number of hydrogen-bond donors (Lipinski definition) is 2. The smallest absolute Gasteiger partial charge is 0.239 e. The highest BCUT2D eigenvalue weighted by molar-refractivity contribution is 5.82. The highest BCUT2D eigenvalue weighted by Gasteiger charge is 2.14. The molecule has 118 valence electrons. The number of primary amides is 1. The molecule has 0 aromatic heterocycles. The molecule has 1 rings (SSSR count). The van der Waals surface area contributed by atoms with Crippen molar-refractivity contribution < 1.29 is 4.79 Å². The number of amides is 1. The van der Waals surface area contributed by atoms with Crippen LogP contribution in [0.3, 0.4) is 0 Å². The quantitative estimate of drug-likeness (QED) is 0.593. The second-order valence-corrected chi connectivity index (χ2v) is 5.88. The second-order valence-electron chi connectivity index (χ2n) is 5.88. The Balaban J connectivity index is 2.27. The third-order valence-electron chi connectivity index (χ3n) is 3.83. The Morgan fingerprint density at radius 2 is 1.62 bits per heavy atom. The molecule has 3 heteroatoms. The summed E-state index contributed by atoms with van der Waals surface area (Å²) < 4.78 is 0. The average molecular weight is 290 g/mol. The predicted octanol–water partition coefficient (Wildman–Crippen LogP) is 4.40. The zero-order valence-electron chi connectivity index (χ0n) is 13.5. The van der Waals surface area contributed by atoms with Gasteiger partial charge in [-0.15, -0.1) is 0 Å². The van der Waals surface area contributed by atoms with E-state index < -0.39 is 0 Å². The number of hydrogen-bond acceptors (Lipinski definition) is 2. The van der Waals surface area contributed by atoms with E-state index in [1.54, 1.807) is 0 Å². The van der Waals surface area contributed by atoms with Crippen molar-refractivity contribution >= 4 is 11.6 Å². The Morgan fingerprint density at radius 1 is 1.05 bits per heavy atom. The third kappa shape index (κ3) is 7.74.